The van der Waals surface area contributed by atoms with Crippen LogP contribution in [-0.4, -0.2) is 9.78 Å². The SMILES string of the molecule is Cn1cc(Oc2ccc(F)cc2CN)cn1. The number of hydrogen-bond donors (Lipinski definition) is 1. The fourth-order valence-electron chi connectivity index (χ4n) is 1.39. The Balaban J connectivity index is 2.27. The molecule has 2 aromatic rings. The van der Waals surface area contributed by atoms with Gasteiger partial charge in [0.2, 0.25) is 0 Å². The summed E-state index contributed by atoms with van der Waals surface area (Å²) in [5.41, 5.74) is 6.14. The van der Waals surface area contributed by atoms with Crippen LogP contribution in [0.5, 0.6) is 11.5 Å². The molecule has 0 atom stereocenters. The number of aryl methyl sites for hydroxylation is 1. The van der Waals surface area contributed by atoms with Crippen LogP contribution in [0, 0.1) is 5.82 Å². The van der Waals surface area contributed by atoms with Crippen LogP contribution in [0.3, 0.4) is 0 Å². The second-order valence-electron chi connectivity index (χ2n) is 3.41. The molecule has 16 heavy (non-hydrogen) atoms. The summed E-state index contributed by atoms with van der Waals surface area (Å²) in [5.74, 6) is 0.833. The lowest BCUT2D eigenvalue weighted by Crippen LogP contribution is -1.99. The van der Waals surface area contributed by atoms with Crippen molar-refractivity contribution in [3.05, 3.63) is 42.0 Å². The lowest BCUT2D eigenvalue weighted by atomic mass is 10.2. The summed E-state index contributed by atoms with van der Waals surface area (Å²) in [6.45, 7) is 0.230. The van der Waals surface area contributed by atoms with Crippen molar-refractivity contribution in [2.75, 3.05) is 0 Å². The first-order valence-electron chi connectivity index (χ1n) is 4.84. The van der Waals surface area contributed by atoms with E-state index in [1.807, 2.05) is 0 Å². The number of nitrogens with two attached hydrogens (primary N) is 1. The number of ether oxygens (including phenoxy) is 1. The summed E-state index contributed by atoms with van der Waals surface area (Å²) in [4.78, 5) is 0. The van der Waals surface area contributed by atoms with Crippen LogP contribution in [0.2, 0.25) is 0 Å². The minimum atomic E-state index is -0.320. The summed E-state index contributed by atoms with van der Waals surface area (Å²) in [6, 6.07) is 4.26. The Morgan fingerprint density at radius 1 is 1.50 bits per heavy atom. The van der Waals surface area contributed by atoms with Crippen LogP contribution in [-0.2, 0) is 13.6 Å². The maximum atomic E-state index is 12.9. The van der Waals surface area contributed by atoms with Gasteiger partial charge in [0.05, 0.1) is 12.4 Å². The molecule has 1 heterocycles. The van der Waals surface area contributed by atoms with Gasteiger partial charge >= 0.3 is 0 Å². The van der Waals surface area contributed by atoms with Gasteiger partial charge in [0.25, 0.3) is 0 Å². The highest BCUT2D eigenvalue weighted by molar-refractivity contribution is 5.37. The van der Waals surface area contributed by atoms with Crippen molar-refractivity contribution in [1.29, 1.82) is 0 Å². The van der Waals surface area contributed by atoms with E-state index >= 15 is 0 Å². The first kappa shape index (κ1) is 10.6. The molecule has 0 fully saturated rings. The van der Waals surface area contributed by atoms with Gasteiger partial charge < -0.3 is 10.5 Å². The molecule has 1 aromatic heterocycles. The number of nitrogens with zero attached hydrogens (tertiary/aromatic N) is 2. The molecule has 0 spiro atoms. The minimum absolute atomic E-state index is 0.230. The monoisotopic (exact) mass is 221 g/mol. The van der Waals surface area contributed by atoms with Crippen molar-refractivity contribution in [3.8, 4) is 11.5 Å². The van der Waals surface area contributed by atoms with E-state index in [-0.39, 0.29) is 12.4 Å². The number of benzene rings is 1. The Morgan fingerprint density at radius 2 is 2.31 bits per heavy atom. The Morgan fingerprint density at radius 3 is 2.94 bits per heavy atom. The van der Waals surface area contributed by atoms with E-state index < -0.39 is 0 Å². The smallest absolute Gasteiger partial charge is 0.165 e. The summed E-state index contributed by atoms with van der Waals surface area (Å²) < 4.78 is 20.1. The molecule has 1 aromatic carbocycles. The van der Waals surface area contributed by atoms with Crippen molar-refractivity contribution < 1.29 is 9.13 Å². The lowest BCUT2D eigenvalue weighted by molar-refractivity contribution is 0.473. The third-order valence-corrected chi connectivity index (χ3v) is 2.15. The summed E-state index contributed by atoms with van der Waals surface area (Å²) in [5, 5.41) is 3.97. The van der Waals surface area contributed by atoms with Crippen LogP contribution < -0.4 is 10.5 Å². The van der Waals surface area contributed by atoms with E-state index in [0.29, 0.717) is 17.1 Å². The molecule has 2 rings (SSSR count). The second kappa shape index (κ2) is 4.32. The zero-order valence-corrected chi connectivity index (χ0v) is 8.85. The van der Waals surface area contributed by atoms with Gasteiger partial charge in [0, 0.05) is 19.2 Å². The highest BCUT2D eigenvalue weighted by atomic mass is 19.1. The first-order chi connectivity index (χ1) is 7.69. The zero-order chi connectivity index (χ0) is 11.5. The Kier molecular flexibility index (Phi) is 2.87. The van der Waals surface area contributed by atoms with Gasteiger partial charge in [-0.3, -0.25) is 4.68 Å². The maximum absolute atomic E-state index is 12.9. The standard InChI is InChI=1S/C11H12FN3O/c1-15-7-10(6-14-15)16-11-3-2-9(12)4-8(11)5-13/h2-4,6-7H,5,13H2,1H3. The first-order valence-corrected chi connectivity index (χ1v) is 4.84. The van der Waals surface area contributed by atoms with Gasteiger partial charge in [0.1, 0.15) is 11.6 Å². The molecule has 5 heteroatoms. The number of rotatable bonds is 3. The number of halogens is 1. The summed E-state index contributed by atoms with van der Waals surface area (Å²) in [7, 11) is 1.79. The molecule has 0 saturated heterocycles. The molecule has 2 N–H and O–H groups in total. The number of aromatic nitrogens is 2. The predicted octanol–water partition coefficient (Wildman–Crippen LogP) is 1.81. The summed E-state index contributed by atoms with van der Waals surface area (Å²) in [6.07, 6.45) is 3.31. The average Bonchev–Trinajstić information content (AvgIpc) is 2.67. The molecule has 0 aliphatic carbocycles. The Labute approximate surface area is 92.4 Å². The molecule has 0 radical (unpaired) electrons. The zero-order valence-electron chi connectivity index (χ0n) is 8.85. The van der Waals surface area contributed by atoms with Crippen LogP contribution in [0.25, 0.3) is 0 Å². The third-order valence-electron chi connectivity index (χ3n) is 2.15. The average molecular weight is 221 g/mol. The van der Waals surface area contributed by atoms with Crippen LogP contribution in [0.15, 0.2) is 30.6 Å². The van der Waals surface area contributed by atoms with Gasteiger partial charge in [-0.25, -0.2) is 4.39 Å². The van der Waals surface area contributed by atoms with Crippen molar-refractivity contribution in [1.82, 2.24) is 9.78 Å². The molecule has 0 aliphatic rings. The van der Waals surface area contributed by atoms with Gasteiger partial charge in [-0.1, -0.05) is 0 Å². The van der Waals surface area contributed by atoms with E-state index in [1.165, 1.54) is 12.1 Å². The van der Waals surface area contributed by atoms with Crippen molar-refractivity contribution >= 4 is 0 Å². The Bertz CT molecular complexity index is 496. The molecule has 0 saturated carbocycles. The predicted molar refractivity (Wildman–Crippen MR) is 57.6 cm³/mol. The van der Waals surface area contributed by atoms with Crippen LogP contribution in [0.4, 0.5) is 4.39 Å². The minimum Gasteiger partial charge on any atom is -0.454 e. The van der Waals surface area contributed by atoms with E-state index in [2.05, 4.69) is 5.10 Å². The fourth-order valence-corrected chi connectivity index (χ4v) is 1.39. The van der Waals surface area contributed by atoms with Gasteiger partial charge in [0.15, 0.2) is 5.75 Å². The van der Waals surface area contributed by atoms with E-state index in [0.717, 1.165) is 0 Å². The summed E-state index contributed by atoms with van der Waals surface area (Å²) >= 11 is 0. The highest BCUT2D eigenvalue weighted by Crippen LogP contribution is 2.25. The van der Waals surface area contributed by atoms with Crippen molar-refractivity contribution in [2.45, 2.75) is 6.54 Å². The largest absolute Gasteiger partial charge is 0.454 e. The molecule has 0 bridgehead atoms. The topological polar surface area (TPSA) is 53.1 Å². The molecular weight excluding hydrogens is 209 g/mol. The fraction of sp³-hybridized carbons (Fsp3) is 0.182. The molecular formula is C11H12FN3O. The number of hydrogen-bond acceptors (Lipinski definition) is 3. The van der Waals surface area contributed by atoms with Crippen LogP contribution >= 0.6 is 0 Å². The molecule has 0 aliphatic heterocycles. The quantitative estimate of drug-likeness (QED) is 0.860. The van der Waals surface area contributed by atoms with Crippen molar-refractivity contribution in [3.63, 3.8) is 0 Å². The molecule has 0 unspecified atom stereocenters. The second-order valence-corrected chi connectivity index (χ2v) is 3.41. The van der Waals surface area contributed by atoms with Gasteiger partial charge in [-0.2, -0.15) is 5.10 Å². The molecule has 84 valence electrons. The molecule has 4 nitrogen and oxygen atoms in total. The highest BCUT2D eigenvalue weighted by Gasteiger charge is 2.06. The normalized spacial score (nSPS) is 10.4. The van der Waals surface area contributed by atoms with E-state index in [1.54, 1.807) is 30.2 Å². The maximum Gasteiger partial charge on any atom is 0.165 e. The van der Waals surface area contributed by atoms with Crippen molar-refractivity contribution in [2.24, 2.45) is 12.8 Å². The third kappa shape index (κ3) is 2.20. The molecule has 0 amide bonds. The van der Waals surface area contributed by atoms with Gasteiger partial charge in [-0.15, -0.1) is 0 Å². The van der Waals surface area contributed by atoms with Crippen LogP contribution in [0.1, 0.15) is 5.56 Å². The van der Waals surface area contributed by atoms with E-state index in [9.17, 15) is 4.39 Å². The van der Waals surface area contributed by atoms with Gasteiger partial charge in [-0.05, 0) is 18.2 Å². The lowest BCUT2D eigenvalue weighted by Gasteiger charge is -2.07. The Hall–Kier alpha value is -1.88. The van der Waals surface area contributed by atoms with E-state index in [4.69, 9.17) is 10.5 Å².